The molecule has 0 fully saturated rings. The second-order valence-corrected chi connectivity index (χ2v) is 5.20. The van der Waals surface area contributed by atoms with E-state index in [0.717, 1.165) is 17.8 Å². The van der Waals surface area contributed by atoms with Gasteiger partial charge in [-0.25, -0.2) is 0 Å². The number of anilines is 1. The fourth-order valence-electron chi connectivity index (χ4n) is 1.80. The third-order valence-electron chi connectivity index (χ3n) is 2.87. The number of hydrogen-bond donors (Lipinski definition) is 2. The van der Waals surface area contributed by atoms with Crippen LogP contribution in [0.15, 0.2) is 30.6 Å². The lowest BCUT2D eigenvalue weighted by molar-refractivity contribution is 0.417. The maximum atomic E-state index is 5.98. The molecule has 0 aliphatic heterocycles. The molecule has 112 valence electrons. The zero-order valence-corrected chi connectivity index (χ0v) is 13.5. The first-order chi connectivity index (χ1) is 10.1. The minimum atomic E-state index is 0.500. The van der Waals surface area contributed by atoms with Crippen LogP contribution in [-0.2, 0) is 13.1 Å². The molecule has 2 rings (SSSR count). The zero-order chi connectivity index (χ0) is 15.2. The number of nitrogens with one attached hydrogen (secondary N) is 2. The molecular weight excluding hydrogens is 308 g/mol. The topological polar surface area (TPSA) is 51.1 Å². The van der Waals surface area contributed by atoms with Crippen molar-refractivity contribution in [3.05, 3.63) is 41.2 Å². The van der Waals surface area contributed by atoms with Crippen LogP contribution < -0.4 is 15.4 Å². The smallest absolute Gasteiger partial charge is 0.171 e. The minimum Gasteiger partial charge on any atom is -0.495 e. The molecule has 2 N–H and O–H groups in total. The monoisotopic (exact) mass is 324 g/mol. The molecule has 7 heteroatoms. The Hall–Kier alpha value is -1.79. The van der Waals surface area contributed by atoms with E-state index in [1.54, 1.807) is 25.3 Å². The lowest BCUT2D eigenvalue weighted by atomic mass is 10.3. The van der Waals surface area contributed by atoms with Gasteiger partial charge in [-0.1, -0.05) is 11.6 Å². The van der Waals surface area contributed by atoms with Crippen LogP contribution >= 0.6 is 23.8 Å². The summed E-state index contributed by atoms with van der Waals surface area (Å²) in [4.78, 5) is 0. The molecule has 0 saturated carbocycles. The van der Waals surface area contributed by atoms with Crippen LogP contribution in [0.2, 0.25) is 5.02 Å². The number of rotatable bonds is 5. The molecule has 5 nitrogen and oxygen atoms in total. The van der Waals surface area contributed by atoms with E-state index in [9.17, 15) is 0 Å². The first-order valence-electron chi connectivity index (χ1n) is 6.52. The second-order valence-electron chi connectivity index (χ2n) is 4.36. The third-order valence-corrected chi connectivity index (χ3v) is 3.36. The summed E-state index contributed by atoms with van der Waals surface area (Å²) in [5.74, 6) is 0.683. The van der Waals surface area contributed by atoms with Gasteiger partial charge in [-0.15, -0.1) is 0 Å². The third kappa shape index (κ3) is 4.34. The van der Waals surface area contributed by atoms with E-state index in [2.05, 4.69) is 15.7 Å². The highest BCUT2D eigenvalue weighted by molar-refractivity contribution is 7.80. The van der Waals surface area contributed by atoms with Crippen molar-refractivity contribution >= 4 is 34.6 Å². The van der Waals surface area contributed by atoms with Crippen molar-refractivity contribution in [2.75, 3.05) is 12.4 Å². The van der Waals surface area contributed by atoms with Crippen molar-refractivity contribution in [3.8, 4) is 5.75 Å². The maximum absolute atomic E-state index is 5.98. The van der Waals surface area contributed by atoms with Crippen molar-refractivity contribution < 1.29 is 4.74 Å². The van der Waals surface area contributed by atoms with E-state index in [-0.39, 0.29) is 0 Å². The average molecular weight is 325 g/mol. The Labute approximate surface area is 134 Å². The molecule has 0 saturated heterocycles. The Kier molecular flexibility index (Phi) is 5.41. The molecule has 21 heavy (non-hydrogen) atoms. The number of nitrogens with zero attached hydrogens (tertiary/aromatic N) is 2. The second kappa shape index (κ2) is 7.28. The molecule has 1 aromatic carbocycles. The predicted octanol–water partition coefficient (Wildman–Crippen LogP) is 3.05. The van der Waals surface area contributed by atoms with Gasteiger partial charge in [0.15, 0.2) is 5.11 Å². The Morgan fingerprint density at radius 2 is 2.29 bits per heavy atom. The quantitative estimate of drug-likeness (QED) is 0.828. The van der Waals surface area contributed by atoms with Gasteiger partial charge < -0.3 is 15.4 Å². The summed E-state index contributed by atoms with van der Waals surface area (Å²) in [5.41, 5.74) is 1.80. The normalized spacial score (nSPS) is 10.2. The van der Waals surface area contributed by atoms with Crippen molar-refractivity contribution in [2.45, 2.75) is 20.0 Å². The summed E-state index contributed by atoms with van der Waals surface area (Å²) in [5, 5.41) is 11.5. The number of methoxy groups -OCH3 is 1. The summed E-state index contributed by atoms with van der Waals surface area (Å²) in [7, 11) is 1.60. The number of hydrogen-bond acceptors (Lipinski definition) is 3. The highest BCUT2D eigenvalue weighted by atomic mass is 35.5. The molecule has 0 amide bonds. The summed E-state index contributed by atoms with van der Waals surface area (Å²) >= 11 is 11.3. The fraction of sp³-hybridized carbons (Fsp3) is 0.286. The summed E-state index contributed by atoms with van der Waals surface area (Å²) in [6.07, 6.45) is 3.80. The number of halogens is 1. The lowest BCUT2D eigenvalue weighted by Gasteiger charge is -2.13. The Balaban J connectivity index is 1.94. The Bertz CT molecular complexity index is 629. The average Bonchev–Trinajstić information content (AvgIpc) is 2.93. The van der Waals surface area contributed by atoms with Crippen molar-refractivity contribution in [1.29, 1.82) is 0 Å². The van der Waals surface area contributed by atoms with Gasteiger partial charge in [0.1, 0.15) is 5.75 Å². The molecule has 1 heterocycles. The maximum Gasteiger partial charge on any atom is 0.171 e. The molecule has 0 aliphatic carbocycles. The molecule has 0 radical (unpaired) electrons. The van der Waals surface area contributed by atoms with Gasteiger partial charge in [-0.3, -0.25) is 4.68 Å². The molecule has 0 aliphatic rings. The zero-order valence-electron chi connectivity index (χ0n) is 11.9. The predicted molar refractivity (Wildman–Crippen MR) is 89.0 cm³/mol. The van der Waals surface area contributed by atoms with Crippen LogP contribution in [0.3, 0.4) is 0 Å². The molecule has 0 spiro atoms. The lowest BCUT2D eigenvalue weighted by Crippen LogP contribution is -2.27. The van der Waals surface area contributed by atoms with Gasteiger partial charge in [0.05, 0.1) is 19.0 Å². The minimum absolute atomic E-state index is 0.500. The largest absolute Gasteiger partial charge is 0.495 e. The first-order valence-corrected chi connectivity index (χ1v) is 7.30. The Morgan fingerprint density at radius 3 is 2.95 bits per heavy atom. The van der Waals surface area contributed by atoms with Crippen LogP contribution in [0.5, 0.6) is 5.75 Å². The van der Waals surface area contributed by atoms with E-state index in [0.29, 0.717) is 22.4 Å². The number of thiocarbonyl (C=S) groups is 1. The van der Waals surface area contributed by atoms with E-state index in [1.807, 2.05) is 24.0 Å². The molecule has 0 atom stereocenters. The molecule has 0 unspecified atom stereocenters. The molecular formula is C14H17ClN4OS. The standard InChI is InChI=1S/C14H17ClN4OS/c1-3-19-9-10(8-17-19)7-16-14(21)18-12-6-11(15)4-5-13(12)20-2/h4-6,8-9H,3,7H2,1-2H3,(H2,16,18,21). The van der Waals surface area contributed by atoms with Crippen LogP contribution in [-0.4, -0.2) is 22.0 Å². The summed E-state index contributed by atoms with van der Waals surface area (Å²) < 4.78 is 7.13. The van der Waals surface area contributed by atoms with E-state index in [4.69, 9.17) is 28.6 Å². The van der Waals surface area contributed by atoms with Gasteiger partial charge in [0.25, 0.3) is 0 Å². The highest BCUT2D eigenvalue weighted by Gasteiger charge is 2.06. The summed E-state index contributed by atoms with van der Waals surface area (Å²) in [6, 6.07) is 5.32. The number of benzene rings is 1. The Morgan fingerprint density at radius 1 is 1.48 bits per heavy atom. The van der Waals surface area contributed by atoms with Gasteiger partial charge in [0.2, 0.25) is 0 Å². The number of ether oxygens (including phenoxy) is 1. The molecule has 0 bridgehead atoms. The van der Waals surface area contributed by atoms with E-state index >= 15 is 0 Å². The first kappa shape index (κ1) is 15.6. The van der Waals surface area contributed by atoms with Gasteiger partial charge in [-0.05, 0) is 37.3 Å². The molecule has 2 aromatic rings. The number of aromatic nitrogens is 2. The van der Waals surface area contributed by atoms with Crippen molar-refractivity contribution in [1.82, 2.24) is 15.1 Å². The van der Waals surface area contributed by atoms with Crippen molar-refractivity contribution in [3.63, 3.8) is 0 Å². The van der Waals surface area contributed by atoms with Gasteiger partial charge in [-0.2, -0.15) is 5.10 Å². The fourth-order valence-corrected chi connectivity index (χ4v) is 2.15. The van der Waals surface area contributed by atoms with Gasteiger partial charge in [0, 0.05) is 29.9 Å². The van der Waals surface area contributed by atoms with Crippen LogP contribution in [0.4, 0.5) is 5.69 Å². The van der Waals surface area contributed by atoms with Crippen LogP contribution in [0.25, 0.3) is 0 Å². The SMILES string of the molecule is CCn1cc(CNC(=S)Nc2cc(Cl)ccc2OC)cn1. The van der Waals surface area contributed by atoms with Crippen LogP contribution in [0, 0.1) is 0 Å². The number of aryl methyl sites for hydroxylation is 1. The summed E-state index contributed by atoms with van der Waals surface area (Å²) in [6.45, 7) is 3.50. The van der Waals surface area contributed by atoms with Crippen molar-refractivity contribution in [2.24, 2.45) is 0 Å². The van der Waals surface area contributed by atoms with E-state index in [1.165, 1.54) is 0 Å². The molecule has 1 aromatic heterocycles. The highest BCUT2D eigenvalue weighted by Crippen LogP contribution is 2.27. The van der Waals surface area contributed by atoms with Crippen LogP contribution in [0.1, 0.15) is 12.5 Å². The van der Waals surface area contributed by atoms with Gasteiger partial charge >= 0.3 is 0 Å². The van der Waals surface area contributed by atoms with E-state index < -0.39 is 0 Å².